The highest BCUT2D eigenvalue weighted by Gasteiger charge is 2.37. The third kappa shape index (κ3) is 4.81. The number of thiophene rings is 1. The summed E-state index contributed by atoms with van der Waals surface area (Å²) in [6.07, 6.45) is 6.55. The highest BCUT2D eigenvalue weighted by molar-refractivity contribution is 7.92. The molecule has 6 nitrogen and oxygen atoms in total. The van der Waals surface area contributed by atoms with E-state index in [1.54, 1.807) is 36.7 Å². The van der Waals surface area contributed by atoms with E-state index in [0.29, 0.717) is 29.3 Å². The Balaban J connectivity index is 1.42. The zero-order valence-corrected chi connectivity index (χ0v) is 19.0. The van der Waals surface area contributed by atoms with E-state index in [2.05, 4.69) is 10.3 Å². The number of carbonyl (C=O) groups excluding carboxylic acids is 1. The molecule has 0 aliphatic heterocycles. The molecule has 1 aliphatic rings. The number of ether oxygens (including phenoxy) is 1. The quantitative estimate of drug-likeness (QED) is 0.569. The summed E-state index contributed by atoms with van der Waals surface area (Å²) in [5, 5.41) is 3.41. The van der Waals surface area contributed by atoms with E-state index in [9.17, 15) is 13.2 Å². The molecular weight excluding hydrogens is 432 g/mol. The van der Waals surface area contributed by atoms with Crippen molar-refractivity contribution >= 4 is 37.2 Å². The van der Waals surface area contributed by atoms with Gasteiger partial charge in [-0.2, -0.15) is 0 Å². The van der Waals surface area contributed by atoms with E-state index in [0.717, 1.165) is 34.9 Å². The van der Waals surface area contributed by atoms with Gasteiger partial charge >= 0.3 is 0 Å². The number of aromatic nitrogens is 1. The number of nitrogens with one attached hydrogen (secondary N) is 1. The van der Waals surface area contributed by atoms with Crippen LogP contribution >= 0.6 is 11.3 Å². The van der Waals surface area contributed by atoms with Crippen molar-refractivity contribution in [1.29, 1.82) is 0 Å². The van der Waals surface area contributed by atoms with E-state index >= 15 is 0 Å². The predicted octanol–water partition coefficient (Wildman–Crippen LogP) is 4.35. The average Bonchev–Trinajstić information content (AvgIpc) is 3.23. The zero-order valence-electron chi connectivity index (χ0n) is 17.4. The minimum atomic E-state index is -3.46. The molecule has 1 saturated carbocycles. The van der Waals surface area contributed by atoms with Crippen LogP contribution in [0.5, 0.6) is 0 Å². The normalized spacial score (nSPS) is 19.4. The maximum absolute atomic E-state index is 13.2. The minimum absolute atomic E-state index is 0.153. The molecule has 4 rings (SSSR count). The van der Waals surface area contributed by atoms with E-state index in [4.69, 9.17) is 4.74 Å². The largest absolute Gasteiger partial charge is 0.377 e. The van der Waals surface area contributed by atoms with Crippen LogP contribution in [0.3, 0.4) is 0 Å². The summed E-state index contributed by atoms with van der Waals surface area (Å²) in [6.45, 7) is 2.75. The second-order valence-corrected chi connectivity index (χ2v) is 11.0. The van der Waals surface area contributed by atoms with Gasteiger partial charge in [0.05, 0.1) is 25.8 Å². The second-order valence-electron chi connectivity index (χ2n) is 7.71. The Morgan fingerprint density at radius 2 is 1.97 bits per heavy atom. The summed E-state index contributed by atoms with van der Waals surface area (Å²) in [6, 6.07) is 10.5. The topological polar surface area (TPSA) is 85.4 Å². The monoisotopic (exact) mass is 458 g/mol. The second kappa shape index (κ2) is 9.46. The van der Waals surface area contributed by atoms with Crippen LogP contribution in [0.25, 0.3) is 10.1 Å². The van der Waals surface area contributed by atoms with Gasteiger partial charge in [0.2, 0.25) is 0 Å². The fraction of sp³-hybridized carbons (Fsp3) is 0.391. The Morgan fingerprint density at radius 3 is 2.71 bits per heavy atom. The first-order valence-corrected chi connectivity index (χ1v) is 12.9. The lowest BCUT2D eigenvalue weighted by Gasteiger charge is -2.30. The van der Waals surface area contributed by atoms with Gasteiger partial charge in [-0.3, -0.25) is 9.78 Å². The molecule has 3 aromatic rings. The van der Waals surface area contributed by atoms with Crippen LogP contribution in [0, 0.1) is 0 Å². The Morgan fingerprint density at radius 1 is 1.19 bits per heavy atom. The Hall–Kier alpha value is -2.29. The number of carbonyl (C=O) groups is 1. The lowest BCUT2D eigenvalue weighted by molar-refractivity contribution is 0.0395. The summed E-state index contributed by atoms with van der Waals surface area (Å²) in [5.41, 5.74) is 0.847. The van der Waals surface area contributed by atoms with Crippen molar-refractivity contribution in [3.05, 3.63) is 59.2 Å². The van der Waals surface area contributed by atoms with Crippen LogP contribution in [-0.2, 0) is 21.1 Å². The third-order valence-corrected chi connectivity index (χ3v) is 9.02. The average molecular weight is 459 g/mol. The first-order valence-electron chi connectivity index (χ1n) is 10.5. The molecule has 0 radical (unpaired) electrons. The Labute approximate surface area is 186 Å². The SMILES string of the molecule is CCOC1CCCCC1S(=O)(=O)c1ccc(CNC(=O)c2cc3ccncc3s2)cc1. The molecule has 0 bridgehead atoms. The number of hydrogen-bond donors (Lipinski definition) is 1. The van der Waals surface area contributed by atoms with Crippen LogP contribution in [0.2, 0.25) is 0 Å². The standard InChI is InChI=1S/C23H26N2O4S2/c1-2-29-19-5-3-4-6-22(19)31(27,28)18-9-7-16(8-10-18)14-25-23(26)20-13-17-11-12-24-15-21(17)30-20/h7-13,15,19,22H,2-6,14H2,1H3,(H,25,26). The van der Waals surface area contributed by atoms with Gasteiger partial charge in [-0.05, 0) is 55.0 Å². The number of benzene rings is 1. The van der Waals surface area contributed by atoms with Crippen molar-refractivity contribution in [3.8, 4) is 0 Å². The molecule has 2 aromatic heterocycles. The van der Waals surface area contributed by atoms with Crippen molar-refractivity contribution in [3.63, 3.8) is 0 Å². The highest BCUT2D eigenvalue weighted by atomic mass is 32.2. The van der Waals surface area contributed by atoms with Crippen LogP contribution in [0.1, 0.15) is 47.8 Å². The smallest absolute Gasteiger partial charge is 0.261 e. The first-order chi connectivity index (χ1) is 15.0. The van der Waals surface area contributed by atoms with E-state index < -0.39 is 15.1 Å². The summed E-state index contributed by atoms with van der Waals surface area (Å²) >= 11 is 1.40. The number of sulfone groups is 1. The van der Waals surface area contributed by atoms with Gasteiger partial charge in [0.1, 0.15) is 0 Å². The number of nitrogens with zero attached hydrogens (tertiary/aromatic N) is 1. The number of fused-ring (bicyclic) bond motifs is 1. The molecule has 8 heteroatoms. The fourth-order valence-corrected chi connectivity index (χ4v) is 6.96. The van der Waals surface area contributed by atoms with Crippen molar-refractivity contribution in [2.45, 2.75) is 55.4 Å². The van der Waals surface area contributed by atoms with Gasteiger partial charge in [0.25, 0.3) is 5.91 Å². The number of hydrogen-bond acceptors (Lipinski definition) is 6. The number of rotatable bonds is 7. The minimum Gasteiger partial charge on any atom is -0.377 e. The molecule has 1 aliphatic carbocycles. The summed E-state index contributed by atoms with van der Waals surface area (Å²) in [4.78, 5) is 17.5. The first kappa shape index (κ1) is 21.9. The van der Waals surface area contributed by atoms with E-state index in [1.807, 2.05) is 19.1 Å². The maximum atomic E-state index is 13.2. The highest BCUT2D eigenvalue weighted by Crippen LogP contribution is 2.31. The molecule has 2 heterocycles. The number of amides is 1. The Kier molecular flexibility index (Phi) is 6.69. The van der Waals surface area contributed by atoms with Crippen molar-refractivity contribution < 1.29 is 17.9 Å². The lowest BCUT2D eigenvalue weighted by atomic mass is 9.97. The summed E-state index contributed by atoms with van der Waals surface area (Å²) in [7, 11) is -3.46. The van der Waals surface area contributed by atoms with Gasteiger partial charge < -0.3 is 10.1 Å². The van der Waals surface area contributed by atoms with Crippen LogP contribution in [-0.4, -0.2) is 37.3 Å². The lowest BCUT2D eigenvalue weighted by Crippen LogP contribution is -2.38. The van der Waals surface area contributed by atoms with Crippen molar-refractivity contribution in [2.24, 2.45) is 0 Å². The van der Waals surface area contributed by atoms with Crippen LogP contribution in [0.4, 0.5) is 0 Å². The molecule has 0 saturated heterocycles. The van der Waals surface area contributed by atoms with Gasteiger partial charge in [0.15, 0.2) is 9.84 Å². The van der Waals surface area contributed by atoms with Crippen molar-refractivity contribution in [2.75, 3.05) is 6.61 Å². The molecule has 1 amide bonds. The Bertz CT molecular complexity index is 1120. The van der Waals surface area contributed by atoms with E-state index in [-0.39, 0.29) is 12.0 Å². The molecule has 2 atom stereocenters. The molecular formula is C23H26N2O4S2. The molecule has 0 spiro atoms. The molecule has 2 unspecified atom stereocenters. The fourth-order valence-electron chi connectivity index (χ4n) is 4.06. The van der Waals surface area contributed by atoms with Crippen LogP contribution < -0.4 is 5.32 Å². The predicted molar refractivity (Wildman–Crippen MR) is 122 cm³/mol. The van der Waals surface area contributed by atoms with Gasteiger partial charge in [-0.15, -0.1) is 11.3 Å². The molecule has 164 valence electrons. The molecule has 1 N–H and O–H groups in total. The summed E-state index contributed by atoms with van der Waals surface area (Å²) < 4.78 is 33.0. The van der Waals surface area contributed by atoms with E-state index in [1.165, 1.54) is 11.3 Å². The zero-order chi connectivity index (χ0) is 21.8. The third-order valence-electron chi connectivity index (χ3n) is 5.67. The van der Waals surface area contributed by atoms with Gasteiger partial charge in [0, 0.05) is 25.5 Å². The van der Waals surface area contributed by atoms with Gasteiger partial charge in [-0.1, -0.05) is 25.0 Å². The molecule has 31 heavy (non-hydrogen) atoms. The molecule has 1 aromatic carbocycles. The van der Waals surface area contributed by atoms with Crippen LogP contribution in [0.15, 0.2) is 53.7 Å². The number of pyridine rings is 1. The van der Waals surface area contributed by atoms with Crippen molar-refractivity contribution in [1.82, 2.24) is 10.3 Å². The maximum Gasteiger partial charge on any atom is 0.261 e. The summed E-state index contributed by atoms with van der Waals surface area (Å²) in [5.74, 6) is -0.153. The molecule has 1 fully saturated rings. The van der Waals surface area contributed by atoms with Gasteiger partial charge in [-0.25, -0.2) is 8.42 Å².